The van der Waals surface area contributed by atoms with Crippen LogP contribution < -0.4 is 4.74 Å². The second-order valence-electron chi connectivity index (χ2n) is 7.68. The van der Waals surface area contributed by atoms with E-state index in [4.69, 9.17) is 4.74 Å². The third-order valence-electron chi connectivity index (χ3n) is 4.29. The van der Waals surface area contributed by atoms with E-state index in [1.807, 2.05) is 0 Å². The molecule has 1 saturated heterocycles. The van der Waals surface area contributed by atoms with Crippen LogP contribution in [-0.2, 0) is 6.42 Å². The highest BCUT2D eigenvalue weighted by atomic mass is 16.5. The summed E-state index contributed by atoms with van der Waals surface area (Å²) >= 11 is 0. The molecule has 1 aliphatic heterocycles. The molecule has 1 aliphatic rings. The first-order chi connectivity index (χ1) is 9.86. The number of benzene rings is 1. The van der Waals surface area contributed by atoms with Gasteiger partial charge in [-0.2, -0.15) is 0 Å². The molecule has 2 heteroatoms. The Balaban J connectivity index is 1.95. The van der Waals surface area contributed by atoms with E-state index in [9.17, 15) is 0 Å². The van der Waals surface area contributed by atoms with Crippen molar-refractivity contribution in [3.63, 3.8) is 0 Å². The Bertz CT molecular complexity index is 439. The normalized spacial score (nSPS) is 18.2. The van der Waals surface area contributed by atoms with E-state index < -0.39 is 0 Å². The molecular formula is C19H31NO. The Hall–Kier alpha value is -1.02. The van der Waals surface area contributed by atoms with Crippen LogP contribution in [0.2, 0.25) is 0 Å². The number of nitrogens with zero attached hydrogens (tertiary/aromatic N) is 1. The molecule has 0 atom stereocenters. The average Bonchev–Trinajstić information content (AvgIpc) is 2.40. The highest BCUT2D eigenvalue weighted by Gasteiger charge is 2.28. The van der Waals surface area contributed by atoms with E-state index in [2.05, 4.69) is 63.8 Å². The summed E-state index contributed by atoms with van der Waals surface area (Å²) in [6, 6.07) is 8.55. The molecule has 0 spiro atoms. The van der Waals surface area contributed by atoms with Gasteiger partial charge in [-0.25, -0.2) is 0 Å². The summed E-state index contributed by atoms with van der Waals surface area (Å²) in [5.41, 5.74) is 1.63. The van der Waals surface area contributed by atoms with E-state index in [1.165, 1.54) is 5.56 Å². The third-order valence-corrected chi connectivity index (χ3v) is 4.29. The van der Waals surface area contributed by atoms with E-state index in [0.717, 1.165) is 38.1 Å². The highest BCUT2D eigenvalue weighted by molar-refractivity contribution is 5.33. The Labute approximate surface area is 130 Å². The van der Waals surface area contributed by atoms with Crippen LogP contribution in [0.3, 0.4) is 0 Å². The summed E-state index contributed by atoms with van der Waals surface area (Å²) in [6.45, 7) is 13.7. The predicted octanol–water partition coefficient (Wildman–Crippen LogP) is 4.53. The minimum Gasteiger partial charge on any atom is -0.490 e. The lowest BCUT2D eigenvalue weighted by Crippen LogP contribution is -2.48. The molecule has 1 heterocycles. The van der Waals surface area contributed by atoms with Crippen molar-refractivity contribution < 1.29 is 4.74 Å². The molecule has 0 aliphatic carbocycles. The number of hydrogen-bond donors (Lipinski definition) is 0. The van der Waals surface area contributed by atoms with Gasteiger partial charge in [-0.15, -0.1) is 0 Å². The molecular weight excluding hydrogens is 258 g/mol. The van der Waals surface area contributed by atoms with Gasteiger partial charge >= 0.3 is 0 Å². The van der Waals surface area contributed by atoms with Gasteiger partial charge in [-0.1, -0.05) is 32.0 Å². The molecule has 118 valence electrons. The van der Waals surface area contributed by atoms with Gasteiger partial charge in [0.1, 0.15) is 11.9 Å². The Morgan fingerprint density at radius 2 is 1.76 bits per heavy atom. The van der Waals surface area contributed by atoms with Gasteiger partial charge in [0.05, 0.1) is 0 Å². The van der Waals surface area contributed by atoms with E-state index in [-0.39, 0.29) is 5.54 Å². The van der Waals surface area contributed by atoms with Crippen molar-refractivity contribution in [2.45, 2.75) is 65.5 Å². The zero-order chi connectivity index (χ0) is 15.5. The standard InChI is InChI=1S/C19H31NO/c1-15(2)14-16-8-6-7-9-18(16)21-17-10-12-20(13-11-17)19(3,4)5/h6-9,15,17H,10-14H2,1-5H3. The third kappa shape index (κ3) is 4.74. The number of rotatable bonds is 4. The maximum absolute atomic E-state index is 6.32. The topological polar surface area (TPSA) is 12.5 Å². The monoisotopic (exact) mass is 289 g/mol. The van der Waals surface area contributed by atoms with Crippen LogP contribution in [0, 0.1) is 5.92 Å². The summed E-state index contributed by atoms with van der Waals surface area (Å²) in [5, 5.41) is 0. The Morgan fingerprint density at radius 1 is 1.14 bits per heavy atom. The molecule has 2 nitrogen and oxygen atoms in total. The van der Waals surface area contributed by atoms with Crippen molar-refractivity contribution in [2.75, 3.05) is 13.1 Å². The van der Waals surface area contributed by atoms with Crippen molar-refractivity contribution in [1.82, 2.24) is 4.90 Å². The SMILES string of the molecule is CC(C)Cc1ccccc1OC1CCN(C(C)(C)C)CC1. The highest BCUT2D eigenvalue weighted by Crippen LogP contribution is 2.27. The van der Waals surface area contributed by atoms with Crippen molar-refractivity contribution in [2.24, 2.45) is 5.92 Å². The van der Waals surface area contributed by atoms with Crippen molar-refractivity contribution in [3.8, 4) is 5.75 Å². The van der Waals surface area contributed by atoms with Gasteiger partial charge in [0, 0.05) is 18.6 Å². The quantitative estimate of drug-likeness (QED) is 0.807. The minimum absolute atomic E-state index is 0.278. The second kappa shape index (κ2) is 6.83. The van der Waals surface area contributed by atoms with E-state index in [1.54, 1.807) is 0 Å². The van der Waals surface area contributed by atoms with Gasteiger partial charge in [0.25, 0.3) is 0 Å². The molecule has 2 rings (SSSR count). The summed E-state index contributed by atoms with van der Waals surface area (Å²) in [6.07, 6.45) is 3.73. The molecule has 0 saturated carbocycles. The van der Waals surface area contributed by atoms with Gasteiger partial charge in [0.15, 0.2) is 0 Å². The zero-order valence-electron chi connectivity index (χ0n) is 14.4. The molecule has 0 radical (unpaired) electrons. The fourth-order valence-electron chi connectivity index (χ4n) is 3.05. The zero-order valence-corrected chi connectivity index (χ0v) is 14.4. The maximum Gasteiger partial charge on any atom is 0.122 e. The van der Waals surface area contributed by atoms with Gasteiger partial charge in [-0.3, -0.25) is 4.90 Å². The van der Waals surface area contributed by atoms with Crippen molar-refractivity contribution >= 4 is 0 Å². The van der Waals surface area contributed by atoms with Crippen LogP contribution in [-0.4, -0.2) is 29.6 Å². The molecule has 0 aromatic heterocycles. The molecule has 0 bridgehead atoms. The molecule has 0 N–H and O–H groups in total. The van der Waals surface area contributed by atoms with Crippen molar-refractivity contribution in [3.05, 3.63) is 29.8 Å². The molecule has 1 fully saturated rings. The summed E-state index contributed by atoms with van der Waals surface area (Å²) in [5.74, 6) is 1.76. The maximum atomic E-state index is 6.32. The van der Waals surface area contributed by atoms with Gasteiger partial charge in [0.2, 0.25) is 0 Å². The average molecular weight is 289 g/mol. The first kappa shape index (κ1) is 16.4. The van der Waals surface area contributed by atoms with E-state index >= 15 is 0 Å². The number of ether oxygens (including phenoxy) is 1. The number of piperidine rings is 1. The Kier molecular flexibility index (Phi) is 5.32. The van der Waals surface area contributed by atoms with Crippen LogP contribution in [0.15, 0.2) is 24.3 Å². The number of likely N-dealkylation sites (tertiary alicyclic amines) is 1. The first-order valence-electron chi connectivity index (χ1n) is 8.36. The number of para-hydroxylation sites is 1. The summed E-state index contributed by atoms with van der Waals surface area (Å²) < 4.78 is 6.32. The summed E-state index contributed by atoms with van der Waals surface area (Å²) in [7, 11) is 0. The van der Waals surface area contributed by atoms with Crippen LogP contribution in [0.1, 0.15) is 53.0 Å². The number of hydrogen-bond acceptors (Lipinski definition) is 2. The molecule has 21 heavy (non-hydrogen) atoms. The summed E-state index contributed by atoms with van der Waals surface area (Å²) in [4.78, 5) is 2.56. The Morgan fingerprint density at radius 3 is 2.33 bits per heavy atom. The lowest BCUT2D eigenvalue weighted by Gasteiger charge is -2.40. The van der Waals surface area contributed by atoms with Crippen molar-refractivity contribution in [1.29, 1.82) is 0 Å². The lowest BCUT2D eigenvalue weighted by molar-refractivity contribution is 0.0487. The van der Waals surface area contributed by atoms with Gasteiger partial charge in [-0.05, 0) is 57.6 Å². The molecule has 1 aromatic carbocycles. The first-order valence-corrected chi connectivity index (χ1v) is 8.36. The fourth-order valence-corrected chi connectivity index (χ4v) is 3.05. The van der Waals surface area contributed by atoms with Gasteiger partial charge < -0.3 is 4.74 Å². The van der Waals surface area contributed by atoms with Crippen LogP contribution in [0.5, 0.6) is 5.75 Å². The van der Waals surface area contributed by atoms with Crippen LogP contribution in [0.25, 0.3) is 0 Å². The molecule has 0 unspecified atom stereocenters. The molecule has 1 aromatic rings. The fraction of sp³-hybridized carbons (Fsp3) is 0.684. The smallest absolute Gasteiger partial charge is 0.122 e. The van der Waals surface area contributed by atoms with Crippen LogP contribution >= 0.6 is 0 Å². The second-order valence-corrected chi connectivity index (χ2v) is 7.68. The molecule has 0 amide bonds. The van der Waals surface area contributed by atoms with E-state index in [0.29, 0.717) is 12.0 Å². The van der Waals surface area contributed by atoms with Crippen LogP contribution in [0.4, 0.5) is 0 Å². The predicted molar refractivity (Wildman–Crippen MR) is 90.0 cm³/mol. The largest absolute Gasteiger partial charge is 0.490 e. The minimum atomic E-state index is 0.278. The lowest BCUT2D eigenvalue weighted by atomic mass is 9.99.